The highest BCUT2D eigenvalue weighted by atomic mass is 35.5. The zero-order valence-electron chi connectivity index (χ0n) is 7.63. The van der Waals surface area contributed by atoms with Crippen LogP contribution in [0.15, 0.2) is 23.1 Å². The van der Waals surface area contributed by atoms with Crippen molar-refractivity contribution in [2.75, 3.05) is 6.26 Å². The van der Waals surface area contributed by atoms with Gasteiger partial charge in [0.2, 0.25) is 0 Å². The quantitative estimate of drug-likeness (QED) is 0.564. The van der Waals surface area contributed by atoms with Gasteiger partial charge >= 0.3 is 0 Å². The van der Waals surface area contributed by atoms with Crippen LogP contribution in [0.5, 0.6) is 0 Å². The minimum absolute atomic E-state index is 0.145. The van der Waals surface area contributed by atoms with Gasteiger partial charge in [-0.1, -0.05) is 18.5 Å². The third-order valence-electron chi connectivity index (χ3n) is 1.78. The first-order valence-electron chi connectivity index (χ1n) is 4.05. The summed E-state index contributed by atoms with van der Waals surface area (Å²) in [5.41, 5.74) is 0.738. The zero-order chi connectivity index (χ0) is 9.84. The molecule has 70 valence electrons. The van der Waals surface area contributed by atoms with Crippen molar-refractivity contribution in [1.29, 1.82) is 0 Å². The molecule has 0 atom stereocenters. The molecule has 1 rings (SSSR count). The van der Waals surface area contributed by atoms with Crippen molar-refractivity contribution in [2.45, 2.75) is 18.2 Å². The molecular formula is C10H11ClOS. The summed E-state index contributed by atoms with van der Waals surface area (Å²) in [5.74, 6) is 0.145. The van der Waals surface area contributed by atoms with Crippen LogP contribution < -0.4 is 0 Å². The van der Waals surface area contributed by atoms with Gasteiger partial charge in [0.1, 0.15) is 0 Å². The molecule has 13 heavy (non-hydrogen) atoms. The fourth-order valence-electron chi connectivity index (χ4n) is 1.09. The monoisotopic (exact) mass is 214 g/mol. The first kappa shape index (κ1) is 10.6. The Morgan fingerprint density at radius 2 is 2.23 bits per heavy atom. The van der Waals surface area contributed by atoms with Gasteiger partial charge < -0.3 is 0 Å². The maximum absolute atomic E-state index is 11.5. The van der Waals surface area contributed by atoms with Crippen molar-refractivity contribution in [3.05, 3.63) is 28.8 Å². The highest BCUT2D eigenvalue weighted by Gasteiger charge is 2.08. The van der Waals surface area contributed by atoms with Crippen molar-refractivity contribution in [3.8, 4) is 0 Å². The largest absolute Gasteiger partial charge is 0.294 e. The van der Waals surface area contributed by atoms with E-state index in [-0.39, 0.29) is 5.78 Å². The maximum atomic E-state index is 11.5. The first-order valence-corrected chi connectivity index (χ1v) is 5.66. The van der Waals surface area contributed by atoms with E-state index in [0.717, 1.165) is 10.5 Å². The highest BCUT2D eigenvalue weighted by molar-refractivity contribution is 7.98. The molecule has 0 aliphatic carbocycles. The van der Waals surface area contributed by atoms with Crippen molar-refractivity contribution >= 4 is 29.1 Å². The van der Waals surface area contributed by atoms with Gasteiger partial charge in [-0.05, 0) is 24.5 Å². The molecule has 0 amide bonds. The molecule has 0 unspecified atom stereocenters. The van der Waals surface area contributed by atoms with Crippen LogP contribution in [0.2, 0.25) is 5.02 Å². The van der Waals surface area contributed by atoms with E-state index in [9.17, 15) is 4.79 Å². The molecule has 0 aromatic heterocycles. The Balaban J connectivity index is 3.15. The van der Waals surface area contributed by atoms with Gasteiger partial charge in [0, 0.05) is 21.9 Å². The molecule has 0 spiro atoms. The van der Waals surface area contributed by atoms with Crippen LogP contribution in [0.4, 0.5) is 0 Å². The number of carbonyl (C=O) groups is 1. The van der Waals surface area contributed by atoms with Gasteiger partial charge in [0.25, 0.3) is 0 Å². The van der Waals surface area contributed by atoms with Crippen LogP contribution >= 0.6 is 23.4 Å². The van der Waals surface area contributed by atoms with E-state index < -0.39 is 0 Å². The summed E-state index contributed by atoms with van der Waals surface area (Å²) in [6.07, 6.45) is 2.48. The Labute approximate surface area is 87.5 Å². The van der Waals surface area contributed by atoms with Crippen LogP contribution in [0.1, 0.15) is 23.7 Å². The molecule has 1 nitrogen and oxygen atoms in total. The molecule has 0 saturated carbocycles. The summed E-state index contributed by atoms with van der Waals surface area (Å²) >= 11 is 7.38. The molecule has 1 aromatic rings. The number of thioether (sulfide) groups is 1. The molecule has 0 fully saturated rings. The summed E-state index contributed by atoms with van der Waals surface area (Å²) in [7, 11) is 0. The Bertz CT molecular complexity index is 323. The van der Waals surface area contributed by atoms with E-state index in [1.807, 2.05) is 19.2 Å². The molecule has 0 bridgehead atoms. The first-order chi connectivity index (χ1) is 6.19. The molecule has 0 radical (unpaired) electrons. The summed E-state index contributed by atoms with van der Waals surface area (Å²) in [6.45, 7) is 1.85. The number of carbonyl (C=O) groups excluding carboxylic acids is 1. The summed E-state index contributed by atoms with van der Waals surface area (Å²) in [4.78, 5) is 12.5. The van der Waals surface area contributed by atoms with Gasteiger partial charge in [-0.25, -0.2) is 0 Å². The van der Waals surface area contributed by atoms with Crippen LogP contribution in [0, 0.1) is 0 Å². The smallest absolute Gasteiger partial charge is 0.163 e. The number of hydrogen-bond donors (Lipinski definition) is 0. The van der Waals surface area contributed by atoms with E-state index in [2.05, 4.69) is 0 Å². The van der Waals surface area contributed by atoms with E-state index in [0.29, 0.717) is 11.4 Å². The molecular weight excluding hydrogens is 204 g/mol. The van der Waals surface area contributed by atoms with Gasteiger partial charge in [0.15, 0.2) is 5.78 Å². The second kappa shape index (κ2) is 4.68. The normalized spacial score (nSPS) is 10.1. The lowest BCUT2D eigenvalue weighted by molar-refractivity contribution is 0.0985. The topological polar surface area (TPSA) is 17.1 Å². The molecule has 3 heteroatoms. The van der Waals surface area contributed by atoms with Gasteiger partial charge in [-0.3, -0.25) is 4.79 Å². The van der Waals surface area contributed by atoms with E-state index in [4.69, 9.17) is 11.6 Å². The summed E-state index contributed by atoms with van der Waals surface area (Å²) < 4.78 is 0. The number of benzene rings is 1. The van der Waals surface area contributed by atoms with E-state index in [1.165, 1.54) is 0 Å². The van der Waals surface area contributed by atoms with E-state index in [1.54, 1.807) is 23.9 Å². The fourth-order valence-corrected chi connectivity index (χ4v) is 1.86. The van der Waals surface area contributed by atoms with Crippen molar-refractivity contribution in [3.63, 3.8) is 0 Å². The molecule has 0 aliphatic heterocycles. The second-order valence-corrected chi connectivity index (χ2v) is 3.91. The molecule has 0 heterocycles. The van der Waals surface area contributed by atoms with Gasteiger partial charge in [-0.15, -0.1) is 11.8 Å². The van der Waals surface area contributed by atoms with Gasteiger partial charge in [0.05, 0.1) is 0 Å². The maximum Gasteiger partial charge on any atom is 0.163 e. The predicted molar refractivity (Wildman–Crippen MR) is 57.9 cm³/mol. The number of ketones is 1. The average Bonchev–Trinajstić information content (AvgIpc) is 2.16. The van der Waals surface area contributed by atoms with Crippen LogP contribution in [-0.2, 0) is 0 Å². The Hall–Kier alpha value is -0.470. The van der Waals surface area contributed by atoms with Crippen molar-refractivity contribution in [2.24, 2.45) is 0 Å². The SMILES string of the molecule is CCC(=O)c1cc(Cl)ccc1SC. The standard InChI is InChI=1S/C10H11ClOS/c1-3-9(12)8-6-7(11)4-5-10(8)13-2/h4-6H,3H2,1-2H3. The third-order valence-corrected chi connectivity index (χ3v) is 2.81. The zero-order valence-corrected chi connectivity index (χ0v) is 9.21. The lowest BCUT2D eigenvalue weighted by Crippen LogP contribution is -1.98. The average molecular weight is 215 g/mol. The van der Waals surface area contributed by atoms with Crippen molar-refractivity contribution < 1.29 is 4.79 Å². The lowest BCUT2D eigenvalue weighted by Gasteiger charge is -2.04. The molecule has 1 aromatic carbocycles. The highest BCUT2D eigenvalue weighted by Crippen LogP contribution is 2.24. The van der Waals surface area contributed by atoms with Crippen molar-refractivity contribution in [1.82, 2.24) is 0 Å². The minimum atomic E-state index is 0.145. The second-order valence-electron chi connectivity index (χ2n) is 2.62. The molecule has 0 N–H and O–H groups in total. The molecule has 0 saturated heterocycles. The Morgan fingerprint density at radius 1 is 1.54 bits per heavy atom. The van der Waals surface area contributed by atoms with Crippen LogP contribution in [-0.4, -0.2) is 12.0 Å². The lowest BCUT2D eigenvalue weighted by atomic mass is 10.1. The number of rotatable bonds is 3. The molecule has 0 aliphatic rings. The Morgan fingerprint density at radius 3 is 2.77 bits per heavy atom. The van der Waals surface area contributed by atoms with Crippen LogP contribution in [0.25, 0.3) is 0 Å². The number of halogens is 1. The fraction of sp³-hybridized carbons (Fsp3) is 0.300. The summed E-state index contributed by atoms with van der Waals surface area (Å²) in [5, 5.41) is 0.620. The van der Waals surface area contributed by atoms with Gasteiger partial charge in [-0.2, -0.15) is 0 Å². The summed E-state index contributed by atoms with van der Waals surface area (Å²) in [6, 6.07) is 5.43. The number of hydrogen-bond acceptors (Lipinski definition) is 2. The van der Waals surface area contributed by atoms with Crippen LogP contribution in [0.3, 0.4) is 0 Å². The predicted octanol–water partition coefficient (Wildman–Crippen LogP) is 3.65. The Kier molecular flexibility index (Phi) is 3.82. The van der Waals surface area contributed by atoms with E-state index >= 15 is 0 Å². The minimum Gasteiger partial charge on any atom is -0.294 e. The number of Topliss-reactive ketones (excluding diaryl/α,β-unsaturated/α-hetero) is 1. The third kappa shape index (κ3) is 2.48.